The lowest BCUT2D eigenvalue weighted by Gasteiger charge is -2.14. The first-order valence-electron chi connectivity index (χ1n) is 7.93. The highest BCUT2D eigenvalue weighted by atomic mass is 16.5. The second-order valence-corrected chi connectivity index (χ2v) is 5.68. The third-order valence-electron chi connectivity index (χ3n) is 4.12. The molecule has 0 saturated heterocycles. The highest BCUT2D eigenvalue weighted by Gasteiger charge is 2.16. The Labute approximate surface area is 141 Å². The van der Waals surface area contributed by atoms with Gasteiger partial charge in [0.1, 0.15) is 5.82 Å². The Hall–Kier alpha value is -2.69. The van der Waals surface area contributed by atoms with Crippen molar-refractivity contribution in [2.45, 2.75) is 20.8 Å². The van der Waals surface area contributed by atoms with Gasteiger partial charge in [-0.05, 0) is 56.2 Å². The number of aromatic nitrogens is 2. The van der Waals surface area contributed by atoms with Crippen molar-refractivity contribution in [2.75, 3.05) is 20.8 Å². The number of hydrogen-bond acceptors (Lipinski definition) is 4. The largest absolute Gasteiger partial charge is 0.493 e. The Kier molecular flexibility index (Phi) is 4.34. The lowest BCUT2D eigenvalue weighted by molar-refractivity contribution is 0.288. The van der Waals surface area contributed by atoms with Gasteiger partial charge in [0.2, 0.25) is 5.75 Å². The lowest BCUT2D eigenvalue weighted by atomic mass is 10.1. The van der Waals surface area contributed by atoms with Gasteiger partial charge in [0.05, 0.1) is 31.9 Å². The third-order valence-corrected chi connectivity index (χ3v) is 4.12. The molecular weight excluding hydrogens is 304 g/mol. The smallest absolute Gasteiger partial charge is 0.203 e. The molecule has 2 aromatic carbocycles. The molecule has 1 N–H and O–H groups in total. The van der Waals surface area contributed by atoms with Crippen molar-refractivity contribution < 1.29 is 14.2 Å². The Morgan fingerprint density at radius 3 is 2.17 bits per heavy atom. The lowest BCUT2D eigenvalue weighted by Crippen LogP contribution is -1.99. The minimum Gasteiger partial charge on any atom is -0.493 e. The molecule has 0 fully saturated rings. The summed E-state index contributed by atoms with van der Waals surface area (Å²) in [4.78, 5) is 8.07. The van der Waals surface area contributed by atoms with Crippen molar-refractivity contribution in [2.24, 2.45) is 0 Å². The fourth-order valence-corrected chi connectivity index (χ4v) is 2.71. The van der Waals surface area contributed by atoms with E-state index < -0.39 is 0 Å². The van der Waals surface area contributed by atoms with Gasteiger partial charge in [-0.15, -0.1) is 0 Å². The van der Waals surface area contributed by atoms with E-state index >= 15 is 0 Å². The van der Waals surface area contributed by atoms with Crippen LogP contribution in [0.25, 0.3) is 22.4 Å². The van der Waals surface area contributed by atoms with E-state index in [1.165, 1.54) is 11.1 Å². The SMILES string of the molecule is CCOc1c(OC)cc(-c2nc3cc(C)c(C)cc3[nH]2)cc1OC. The van der Waals surface area contributed by atoms with Crippen molar-refractivity contribution in [3.63, 3.8) is 0 Å². The number of hydrogen-bond donors (Lipinski definition) is 1. The van der Waals surface area contributed by atoms with Crippen LogP contribution >= 0.6 is 0 Å². The molecule has 0 saturated carbocycles. The van der Waals surface area contributed by atoms with Crippen LogP contribution in [-0.2, 0) is 0 Å². The zero-order chi connectivity index (χ0) is 17.3. The van der Waals surface area contributed by atoms with E-state index in [1.807, 2.05) is 19.1 Å². The summed E-state index contributed by atoms with van der Waals surface area (Å²) < 4.78 is 16.6. The molecule has 0 unspecified atom stereocenters. The number of aryl methyl sites for hydroxylation is 2. The van der Waals surface area contributed by atoms with Crippen LogP contribution in [-0.4, -0.2) is 30.8 Å². The van der Waals surface area contributed by atoms with E-state index in [4.69, 9.17) is 19.2 Å². The van der Waals surface area contributed by atoms with Crippen molar-refractivity contribution in [1.82, 2.24) is 9.97 Å². The maximum atomic E-state index is 5.65. The van der Waals surface area contributed by atoms with Crippen LogP contribution in [0.2, 0.25) is 0 Å². The summed E-state index contributed by atoms with van der Waals surface area (Å²) in [5, 5.41) is 0. The number of rotatable bonds is 5. The second kappa shape index (κ2) is 6.43. The molecule has 1 heterocycles. The van der Waals surface area contributed by atoms with Crippen LogP contribution in [0.4, 0.5) is 0 Å². The van der Waals surface area contributed by atoms with Gasteiger partial charge < -0.3 is 19.2 Å². The average molecular weight is 326 g/mol. The number of nitrogens with zero attached hydrogens (tertiary/aromatic N) is 1. The predicted octanol–water partition coefficient (Wildman–Crippen LogP) is 4.26. The van der Waals surface area contributed by atoms with Crippen LogP contribution in [0.1, 0.15) is 18.1 Å². The Morgan fingerprint density at radius 2 is 1.58 bits per heavy atom. The minimum absolute atomic E-state index is 0.537. The quantitative estimate of drug-likeness (QED) is 0.761. The maximum absolute atomic E-state index is 5.65. The molecule has 3 rings (SSSR count). The molecule has 0 aliphatic heterocycles. The topological polar surface area (TPSA) is 56.4 Å². The van der Waals surface area contributed by atoms with E-state index in [1.54, 1.807) is 14.2 Å². The molecule has 126 valence electrons. The summed E-state index contributed by atoms with van der Waals surface area (Å²) in [5.74, 6) is 2.63. The molecule has 5 heteroatoms. The highest BCUT2D eigenvalue weighted by molar-refractivity contribution is 5.81. The van der Waals surface area contributed by atoms with Crippen molar-refractivity contribution >= 4 is 11.0 Å². The molecule has 0 spiro atoms. The van der Waals surface area contributed by atoms with E-state index in [0.29, 0.717) is 23.9 Å². The average Bonchev–Trinajstić information content (AvgIpc) is 2.98. The predicted molar refractivity (Wildman–Crippen MR) is 95.3 cm³/mol. The monoisotopic (exact) mass is 326 g/mol. The van der Waals surface area contributed by atoms with Gasteiger partial charge in [-0.2, -0.15) is 0 Å². The number of methoxy groups -OCH3 is 2. The second-order valence-electron chi connectivity index (χ2n) is 5.68. The number of H-pyrrole nitrogens is 1. The van der Waals surface area contributed by atoms with Crippen LogP contribution in [0.15, 0.2) is 24.3 Å². The van der Waals surface area contributed by atoms with E-state index in [9.17, 15) is 0 Å². The van der Waals surface area contributed by atoms with Crippen LogP contribution in [0, 0.1) is 13.8 Å². The molecule has 0 amide bonds. The van der Waals surface area contributed by atoms with E-state index in [-0.39, 0.29) is 0 Å². The van der Waals surface area contributed by atoms with Crippen molar-refractivity contribution in [1.29, 1.82) is 0 Å². The normalized spacial score (nSPS) is 10.9. The summed E-state index contributed by atoms with van der Waals surface area (Å²) in [6.45, 7) is 6.65. The summed E-state index contributed by atoms with van der Waals surface area (Å²) in [5.41, 5.74) is 5.31. The van der Waals surface area contributed by atoms with Crippen LogP contribution in [0.5, 0.6) is 17.2 Å². The van der Waals surface area contributed by atoms with Gasteiger partial charge in [-0.25, -0.2) is 4.98 Å². The first-order chi connectivity index (χ1) is 11.6. The fourth-order valence-electron chi connectivity index (χ4n) is 2.71. The van der Waals surface area contributed by atoms with E-state index in [2.05, 4.69) is 31.0 Å². The summed E-state index contributed by atoms with van der Waals surface area (Å²) in [6, 6.07) is 8.02. The molecule has 0 aliphatic carbocycles. The molecule has 0 radical (unpaired) electrons. The first kappa shape index (κ1) is 16.2. The number of nitrogens with one attached hydrogen (secondary N) is 1. The molecule has 0 bridgehead atoms. The summed E-state index contributed by atoms with van der Waals surface area (Å²) in [7, 11) is 3.23. The fraction of sp³-hybridized carbons (Fsp3) is 0.316. The zero-order valence-corrected chi connectivity index (χ0v) is 14.7. The van der Waals surface area contributed by atoms with Gasteiger partial charge in [-0.3, -0.25) is 0 Å². The number of ether oxygens (including phenoxy) is 3. The molecule has 24 heavy (non-hydrogen) atoms. The summed E-state index contributed by atoms with van der Waals surface area (Å²) >= 11 is 0. The van der Waals surface area contributed by atoms with Gasteiger partial charge in [-0.1, -0.05) is 0 Å². The number of imidazole rings is 1. The van der Waals surface area contributed by atoms with Crippen molar-refractivity contribution in [3.8, 4) is 28.6 Å². The minimum atomic E-state index is 0.537. The zero-order valence-electron chi connectivity index (χ0n) is 14.7. The van der Waals surface area contributed by atoms with Gasteiger partial charge in [0.25, 0.3) is 0 Å². The molecule has 0 aliphatic rings. The molecule has 3 aromatic rings. The Bertz CT molecular complexity index is 820. The number of aromatic amines is 1. The third kappa shape index (κ3) is 2.77. The van der Waals surface area contributed by atoms with Crippen LogP contribution in [0.3, 0.4) is 0 Å². The number of benzene rings is 2. The molecule has 0 atom stereocenters. The molecule has 5 nitrogen and oxygen atoms in total. The standard InChI is InChI=1S/C19H22N2O3/c1-6-24-18-16(22-4)9-13(10-17(18)23-5)19-20-14-7-11(2)12(3)8-15(14)21-19/h7-10H,6H2,1-5H3,(H,20,21). The molecule has 1 aromatic heterocycles. The van der Waals surface area contributed by atoms with E-state index in [0.717, 1.165) is 22.4 Å². The Morgan fingerprint density at radius 1 is 0.958 bits per heavy atom. The number of fused-ring (bicyclic) bond motifs is 1. The summed E-state index contributed by atoms with van der Waals surface area (Å²) in [6.07, 6.45) is 0. The van der Waals surface area contributed by atoms with Gasteiger partial charge in [0.15, 0.2) is 11.5 Å². The highest BCUT2D eigenvalue weighted by Crippen LogP contribution is 2.41. The van der Waals surface area contributed by atoms with Gasteiger partial charge >= 0.3 is 0 Å². The van der Waals surface area contributed by atoms with Gasteiger partial charge in [0, 0.05) is 5.56 Å². The first-order valence-corrected chi connectivity index (χ1v) is 7.93. The van der Waals surface area contributed by atoms with Crippen LogP contribution < -0.4 is 14.2 Å². The maximum Gasteiger partial charge on any atom is 0.203 e. The Balaban J connectivity index is 2.15. The van der Waals surface area contributed by atoms with Crippen molar-refractivity contribution in [3.05, 3.63) is 35.4 Å². The molecular formula is C19H22N2O3.